The van der Waals surface area contributed by atoms with Gasteiger partial charge in [0.1, 0.15) is 11.6 Å². The Labute approximate surface area is 196 Å². The molecule has 0 bridgehead atoms. The molecule has 174 valence electrons. The average molecular weight is 446 g/mol. The number of benzene rings is 2. The lowest BCUT2D eigenvalue weighted by atomic mass is 9.96. The van der Waals surface area contributed by atoms with Crippen molar-refractivity contribution < 1.29 is 4.74 Å². The summed E-state index contributed by atoms with van der Waals surface area (Å²) in [5.41, 5.74) is 2.94. The van der Waals surface area contributed by atoms with E-state index in [9.17, 15) is 4.79 Å². The fourth-order valence-corrected chi connectivity index (χ4v) is 4.96. The predicted octanol–water partition coefficient (Wildman–Crippen LogP) is 5.28. The van der Waals surface area contributed by atoms with Gasteiger partial charge in [0.25, 0.3) is 5.56 Å². The second-order valence-electron chi connectivity index (χ2n) is 10.2. The van der Waals surface area contributed by atoms with Crippen LogP contribution in [0.15, 0.2) is 47.3 Å². The topological polar surface area (TPSA) is 47.4 Å². The third-order valence-electron chi connectivity index (χ3n) is 7.22. The van der Waals surface area contributed by atoms with E-state index in [-0.39, 0.29) is 5.56 Å². The van der Waals surface area contributed by atoms with E-state index in [4.69, 9.17) is 9.72 Å². The van der Waals surface area contributed by atoms with Crippen LogP contribution in [0.4, 0.5) is 0 Å². The van der Waals surface area contributed by atoms with Crippen molar-refractivity contribution in [3.8, 4) is 17.1 Å². The summed E-state index contributed by atoms with van der Waals surface area (Å²) < 4.78 is 7.91. The summed E-state index contributed by atoms with van der Waals surface area (Å²) in [4.78, 5) is 21.4. The minimum Gasteiger partial charge on any atom is -0.493 e. The molecule has 1 saturated carbocycles. The molecule has 2 aliphatic rings. The van der Waals surface area contributed by atoms with E-state index in [1.165, 1.54) is 19.3 Å². The zero-order valence-corrected chi connectivity index (χ0v) is 20.1. The lowest BCUT2D eigenvalue weighted by molar-refractivity contribution is 0.130. The van der Waals surface area contributed by atoms with Gasteiger partial charge in [0.15, 0.2) is 0 Å². The molecule has 2 aromatic carbocycles. The summed E-state index contributed by atoms with van der Waals surface area (Å²) in [6.45, 7) is 10.2. The SMILES string of the molecule is Cc1ccccc1-c1nc2ccc(OCC3CC3)cc2c(=O)n1CC1CCCN(C(C)C)C1. The number of fused-ring (bicyclic) bond motifs is 1. The zero-order valence-electron chi connectivity index (χ0n) is 20.1. The summed E-state index contributed by atoms with van der Waals surface area (Å²) in [5, 5.41) is 0.650. The number of piperidine rings is 1. The fraction of sp³-hybridized carbons (Fsp3) is 0.500. The lowest BCUT2D eigenvalue weighted by Gasteiger charge is -2.36. The molecule has 0 spiro atoms. The summed E-state index contributed by atoms with van der Waals surface area (Å²) >= 11 is 0. The van der Waals surface area contributed by atoms with E-state index >= 15 is 0 Å². The second-order valence-corrected chi connectivity index (χ2v) is 10.2. The Balaban J connectivity index is 1.56. The second kappa shape index (κ2) is 9.30. The molecular formula is C28H35N3O2. The van der Waals surface area contributed by atoms with Crippen LogP contribution in [0.3, 0.4) is 0 Å². The van der Waals surface area contributed by atoms with E-state index in [1.54, 1.807) is 0 Å². The predicted molar refractivity (Wildman–Crippen MR) is 134 cm³/mol. The fourth-order valence-electron chi connectivity index (χ4n) is 4.96. The number of hydrogen-bond acceptors (Lipinski definition) is 4. The Bertz CT molecular complexity index is 1200. The number of ether oxygens (including phenoxy) is 1. The Morgan fingerprint density at radius 2 is 1.91 bits per heavy atom. The first kappa shape index (κ1) is 22.1. The molecule has 0 amide bonds. The molecule has 1 saturated heterocycles. The molecule has 1 aromatic heterocycles. The molecule has 33 heavy (non-hydrogen) atoms. The van der Waals surface area contributed by atoms with Gasteiger partial charge in [0, 0.05) is 24.7 Å². The van der Waals surface area contributed by atoms with Crippen LogP contribution < -0.4 is 10.3 Å². The maximum atomic E-state index is 13.9. The minimum absolute atomic E-state index is 0.0387. The van der Waals surface area contributed by atoms with Crippen molar-refractivity contribution in [3.63, 3.8) is 0 Å². The number of rotatable bonds is 7. The molecule has 0 radical (unpaired) electrons. The highest BCUT2D eigenvalue weighted by molar-refractivity contribution is 5.81. The van der Waals surface area contributed by atoms with Crippen molar-refractivity contribution in [2.75, 3.05) is 19.7 Å². The van der Waals surface area contributed by atoms with Crippen molar-refractivity contribution in [2.24, 2.45) is 11.8 Å². The maximum absolute atomic E-state index is 13.9. The average Bonchev–Trinajstić information content (AvgIpc) is 3.65. The van der Waals surface area contributed by atoms with Gasteiger partial charge in [-0.15, -0.1) is 0 Å². The highest BCUT2D eigenvalue weighted by Gasteiger charge is 2.25. The van der Waals surface area contributed by atoms with E-state index in [0.717, 1.165) is 54.3 Å². The normalized spacial score (nSPS) is 19.3. The van der Waals surface area contributed by atoms with Crippen molar-refractivity contribution >= 4 is 10.9 Å². The van der Waals surface area contributed by atoms with E-state index in [2.05, 4.69) is 37.8 Å². The standard InChI is InChI=1S/C28H35N3O2/c1-19(2)30-14-6-8-22(16-30)17-31-27(24-9-5-4-7-20(24)3)29-26-13-12-23(15-25(26)28(31)32)33-18-21-10-11-21/h4-5,7,9,12-13,15,19,21-22H,6,8,10-11,14,16-18H2,1-3H3. The van der Waals surface area contributed by atoms with Gasteiger partial charge in [-0.3, -0.25) is 9.36 Å². The van der Waals surface area contributed by atoms with Gasteiger partial charge < -0.3 is 9.64 Å². The third kappa shape index (κ3) is 4.84. The number of aryl methyl sites for hydroxylation is 1. The van der Waals surface area contributed by atoms with E-state index in [1.807, 2.05) is 34.9 Å². The zero-order chi connectivity index (χ0) is 22.9. The molecule has 5 heteroatoms. The van der Waals surface area contributed by atoms with Crippen LogP contribution >= 0.6 is 0 Å². The number of aromatic nitrogens is 2. The Morgan fingerprint density at radius 1 is 1.09 bits per heavy atom. The number of nitrogens with zero attached hydrogens (tertiary/aromatic N) is 3. The Kier molecular flexibility index (Phi) is 6.24. The van der Waals surface area contributed by atoms with Gasteiger partial charge in [0.05, 0.1) is 17.5 Å². The van der Waals surface area contributed by atoms with Crippen molar-refractivity contribution in [3.05, 3.63) is 58.4 Å². The maximum Gasteiger partial charge on any atom is 0.261 e. The first-order chi connectivity index (χ1) is 16.0. The van der Waals surface area contributed by atoms with Gasteiger partial charge >= 0.3 is 0 Å². The van der Waals surface area contributed by atoms with E-state index in [0.29, 0.717) is 29.8 Å². The number of hydrogen-bond donors (Lipinski definition) is 0. The molecule has 0 N–H and O–H groups in total. The largest absolute Gasteiger partial charge is 0.493 e. The summed E-state index contributed by atoms with van der Waals surface area (Å²) in [5.74, 6) is 2.66. The molecule has 2 heterocycles. The monoisotopic (exact) mass is 445 g/mol. The minimum atomic E-state index is 0.0387. The van der Waals surface area contributed by atoms with Gasteiger partial charge in [-0.25, -0.2) is 4.98 Å². The van der Waals surface area contributed by atoms with Crippen LogP contribution in [-0.4, -0.2) is 40.2 Å². The molecule has 5 rings (SSSR count). The van der Waals surface area contributed by atoms with Crippen LogP contribution in [0.25, 0.3) is 22.3 Å². The van der Waals surface area contributed by atoms with Crippen molar-refractivity contribution in [2.45, 2.75) is 59.0 Å². The molecule has 1 aliphatic heterocycles. The van der Waals surface area contributed by atoms with Crippen LogP contribution in [0.2, 0.25) is 0 Å². The Morgan fingerprint density at radius 3 is 2.67 bits per heavy atom. The Hall–Kier alpha value is -2.66. The molecule has 3 aromatic rings. The van der Waals surface area contributed by atoms with Crippen LogP contribution in [-0.2, 0) is 6.54 Å². The van der Waals surface area contributed by atoms with Gasteiger partial charge in [-0.1, -0.05) is 24.3 Å². The number of likely N-dealkylation sites (tertiary alicyclic amines) is 1. The van der Waals surface area contributed by atoms with Crippen LogP contribution in [0.5, 0.6) is 5.75 Å². The van der Waals surface area contributed by atoms with Gasteiger partial charge in [-0.2, -0.15) is 0 Å². The highest BCUT2D eigenvalue weighted by Crippen LogP contribution is 2.30. The first-order valence-corrected chi connectivity index (χ1v) is 12.5. The molecule has 1 atom stereocenters. The lowest BCUT2D eigenvalue weighted by Crippen LogP contribution is -2.42. The van der Waals surface area contributed by atoms with Crippen molar-refractivity contribution in [1.82, 2.24) is 14.5 Å². The third-order valence-corrected chi connectivity index (χ3v) is 7.22. The quantitative estimate of drug-likeness (QED) is 0.496. The van der Waals surface area contributed by atoms with E-state index < -0.39 is 0 Å². The highest BCUT2D eigenvalue weighted by atomic mass is 16.5. The summed E-state index contributed by atoms with van der Waals surface area (Å²) in [6.07, 6.45) is 4.82. The molecule has 2 fully saturated rings. The summed E-state index contributed by atoms with van der Waals surface area (Å²) in [7, 11) is 0. The smallest absolute Gasteiger partial charge is 0.261 e. The van der Waals surface area contributed by atoms with Crippen LogP contribution in [0.1, 0.15) is 45.1 Å². The summed E-state index contributed by atoms with van der Waals surface area (Å²) in [6, 6.07) is 14.5. The van der Waals surface area contributed by atoms with Gasteiger partial charge in [-0.05, 0) is 88.6 Å². The van der Waals surface area contributed by atoms with Gasteiger partial charge in [0.2, 0.25) is 0 Å². The van der Waals surface area contributed by atoms with Crippen molar-refractivity contribution in [1.29, 1.82) is 0 Å². The van der Waals surface area contributed by atoms with Crippen LogP contribution in [0, 0.1) is 18.8 Å². The first-order valence-electron chi connectivity index (χ1n) is 12.5. The molecule has 1 unspecified atom stereocenters. The molecular weight excluding hydrogens is 410 g/mol. The molecule has 1 aliphatic carbocycles. The molecule has 5 nitrogen and oxygen atoms in total.